The SMILES string of the molecule is CNc1ccc2c(c1)NC(=O)C(N1CCC1)C2. The standard InChI is InChI=1S/C13H17N3O/c1-14-10-4-3-9-7-12(16-5-2-6-16)13(17)15-11(9)8-10/h3-4,8,12,14H,2,5-7H2,1H3,(H,15,17). The van der Waals surface area contributed by atoms with Crippen molar-refractivity contribution in [3.05, 3.63) is 23.8 Å². The molecule has 90 valence electrons. The lowest BCUT2D eigenvalue weighted by molar-refractivity contribution is -0.123. The molecule has 4 nitrogen and oxygen atoms in total. The third-order valence-corrected chi connectivity index (χ3v) is 3.70. The highest BCUT2D eigenvalue weighted by atomic mass is 16.2. The molecule has 0 spiro atoms. The van der Waals surface area contributed by atoms with Crippen LogP contribution in [0.1, 0.15) is 12.0 Å². The van der Waals surface area contributed by atoms with Crippen LogP contribution in [-0.4, -0.2) is 37.0 Å². The van der Waals surface area contributed by atoms with E-state index in [1.54, 1.807) is 0 Å². The molecule has 2 aliphatic rings. The van der Waals surface area contributed by atoms with Crippen molar-refractivity contribution in [1.82, 2.24) is 4.90 Å². The largest absolute Gasteiger partial charge is 0.388 e. The van der Waals surface area contributed by atoms with Crippen LogP contribution >= 0.6 is 0 Å². The van der Waals surface area contributed by atoms with Crippen LogP contribution in [0.3, 0.4) is 0 Å². The number of carbonyl (C=O) groups is 1. The van der Waals surface area contributed by atoms with Gasteiger partial charge in [0, 0.05) is 31.5 Å². The van der Waals surface area contributed by atoms with Crippen LogP contribution in [0.15, 0.2) is 18.2 Å². The van der Waals surface area contributed by atoms with Gasteiger partial charge in [-0.2, -0.15) is 0 Å². The minimum absolute atomic E-state index is 0.0386. The molecule has 1 amide bonds. The van der Waals surface area contributed by atoms with Crippen LogP contribution in [0.5, 0.6) is 0 Å². The summed E-state index contributed by atoms with van der Waals surface area (Å²) in [4.78, 5) is 14.3. The molecule has 1 unspecified atom stereocenters. The summed E-state index contributed by atoms with van der Waals surface area (Å²) in [5, 5.41) is 6.10. The molecular weight excluding hydrogens is 214 g/mol. The number of amides is 1. The van der Waals surface area contributed by atoms with Crippen molar-refractivity contribution >= 4 is 17.3 Å². The van der Waals surface area contributed by atoms with Gasteiger partial charge in [-0.3, -0.25) is 9.69 Å². The molecule has 1 aromatic carbocycles. The number of nitrogens with zero attached hydrogens (tertiary/aromatic N) is 1. The molecule has 3 rings (SSSR count). The summed E-state index contributed by atoms with van der Waals surface area (Å²) in [6, 6.07) is 6.20. The van der Waals surface area contributed by atoms with Crippen LogP contribution in [0.2, 0.25) is 0 Å². The summed E-state index contributed by atoms with van der Waals surface area (Å²) < 4.78 is 0. The molecule has 2 N–H and O–H groups in total. The average Bonchev–Trinajstić information content (AvgIpc) is 2.27. The smallest absolute Gasteiger partial charge is 0.242 e. The van der Waals surface area contributed by atoms with Gasteiger partial charge in [0.2, 0.25) is 5.91 Å². The zero-order chi connectivity index (χ0) is 11.8. The average molecular weight is 231 g/mol. The molecule has 0 aromatic heterocycles. The topological polar surface area (TPSA) is 44.4 Å². The second-order valence-electron chi connectivity index (χ2n) is 4.72. The Kier molecular flexibility index (Phi) is 2.52. The molecule has 1 fully saturated rings. The molecular formula is C13H17N3O. The van der Waals surface area contributed by atoms with Crippen molar-refractivity contribution in [3.8, 4) is 0 Å². The van der Waals surface area contributed by atoms with E-state index in [1.807, 2.05) is 13.1 Å². The van der Waals surface area contributed by atoms with Crippen molar-refractivity contribution in [2.75, 3.05) is 30.8 Å². The molecule has 0 saturated carbocycles. The van der Waals surface area contributed by atoms with Crippen molar-refractivity contribution in [1.29, 1.82) is 0 Å². The molecule has 1 atom stereocenters. The first-order valence-electron chi connectivity index (χ1n) is 6.13. The molecule has 4 heteroatoms. The summed E-state index contributed by atoms with van der Waals surface area (Å²) in [6.07, 6.45) is 2.06. The molecule has 0 radical (unpaired) electrons. The first kappa shape index (κ1) is 10.6. The summed E-state index contributed by atoms with van der Waals surface area (Å²) in [6.45, 7) is 2.12. The summed E-state index contributed by atoms with van der Waals surface area (Å²) in [5.41, 5.74) is 3.23. The molecule has 2 heterocycles. The zero-order valence-electron chi connectivity index (χ0n) is 9.99. The molecule has 17 heavy (non-hydrogen) atoms. The lowest BCUT2D eigenvalue weighted by Crippen LogP contribution is -2.53. The van der Waals surface area contributed by atoms with Gasteiger partial charge in [0.15, 0.2) is 0 Å². The second-order valence-corrected chi connectivity index (χ2v) is 4.72. The Labute approximate surface area is 101 Å². The van der Waals surface area contributed by atoms with Gasteiger partial charge in [0.25, 0.3) is 0 Å². The summed E-state index contributed by atoms with van der Waals surface area (Å²) >= 11 is 0. The van der Waals surface area contributed by atoms with E-state index in [0.29, 0.717) is 0 Å². The highest BCUT2D eigenvalue weighted by molar-refractivity contribution is 5.98. The van der Waals surface area contributed by atoms with Gasteiger partial charge in [-0.05, 0) is 30.5 Å². The monoisotopic (exact) mass is 231 g/mol. The number of nitrogens with one attached hydrogen (secondary N) is 2. The Morgan fingerprint density at radius 2 is 2.24 bits per heavy atom. The molecule has 1 saturated heterocycles. The normalized spacial score (nSPS) is 23.6. The Hall–Kier alpha value is -1.55. The minimum atomic E-state index is 0.0386. The number of fused-ring (bicyclic) bond motifs is 1. The predicted molar refractivity (Wildman–Crippen MR) is 68.3 cm³/mol. The first-order chi connectivity index (χ1) is 8.28. The van der Waals surface area contributed by atoms with Crippen LogP contribution in [0.4, 0.5) is 11.4 Å². The maximum Gasteiger partial charge on any atom is 0.242 e. The number of benzene rings is 1. The van der Waals surface area contributed by atoms with Crippen molar-refractivity contribution in [2.45, 2.75) is 18.9 Å². The van der Waals surface area contributed by atoms with E-state index in [4.69, 9.17) is 0 Å². The van der Waals surface area contributed by atoms with Gasteiger partial charge in [0.1, 0.15) is 0 Å². The van der Waals surface area contributed by atoms with E-state index in [1.165, 1.54) is 12.0 Å². The Bertz CT molecular complexity index is 454. The third-order valence-electron chi connectivity index (χ3n) is 3.70. The number of anilines is 2. The fourth-order valence-corrected chi connectivity index (χ4v) is 2.49. The quantitative estimate of drug-likeness (QED) is 0.806. The van der Waals surface area contributed by atoms with Crippen LogP contribution < -0.4 is 10.6 Å². The number of rotatable bonds is 2. The van der Waals surface area contributed by atoms with E-state index >= 15 is 0 Å². The van der Waals surface area contributed by atoms with Crippen LogP contribution in [-0.2, 0) is 11.2 Å². The second kappa shape index (κ2) is 4.04. The molecule has 0 bridgehead atoms. The fourth-order valence-electron chi connectivity index (χ4n) is 2.49. The van der Waals surface area contributed by atoms with E-state index in [2.05, 4.69) is 27.7 Å². The molecule has 0 aliphatic carbocycles. The summed E-state index contributed by atoms with van der Waals surface area (Å²) in [5.74, 6) is 0.144. The number of hydrogen-bond donors (Lipinski definition) is 2. The lowest BCUT2D eigenvalue weighted by atomic mass is 9.95. The predicted octanol–water partition coefficient (Wildman–Crippen LogP) is 1.30. The fraction of sp³-hybridized carbons (Fsp3) is 0.462. The number of likely N-dealkylation sites (tertiary alicyclic amines) is 1. The van der Waals surface area contributed by atoms with Gasteiger partial charge < -0.3 is 10.6 Å². The molecule has 2 aliphatic heterocycles. The van der Waals surface area contributed by atoms with Gasteiger partial charge in [-0.1, -0.05) is 6.07 Å². The molecule has 1 aromatic rings. The highest BCUT2D eigenvalue weighted by Gasteiger charge is 2.33. The maximum absolute atomic E-state index is 12.0. The van der Waals surface area contributed by atoms with E-state index < -0.39 is 0 Å². The highest BCUT2D eigenvalue weighted by Crippen LogP contribution is 2.29. The van der Waals surface area contributed by atoms with Crippen molar-refractivity contribution in [3.63, 3.8) is 0 Å². The van der Waals surface area contributed by atoms with Crippen molar-refractivity contribution < 1.29 is 4.79 Å². The van der Waals surface area contributed by atoms with Crippen LogP contribution in [0.25, 0.3) is 0 Å². The number of hydrogen-bond acceptors (Lipinski definition) is 3. The van der Waals surface area contributed by atoms with Gasteiger partial charge in [-0.15, -0.1) is 0 Å². The Morgan fingerprint density at radius 3 is 2.88 bits per heavy atom. The van der Waals surface area contributed by atoms with Crippen LogP contribution in [0, 0.1) is 0 Å². The Morgan fingerprint density at radius 1 is 1.41 bits per heavy atom. The van der Waals surface area contributed by atoms with E-state index in [9.17, 15) is 4.79 Å². The number of carbonyl (C=O) groups excluding carboxylic acids is 1. The van der Waals surface area contributed by atoms with E-state index in [-0.39, 0.29) is 11.9 Å². The Balaban J connectivity index is 1.86. The maximum atomic E-state index is 12.0. The lowest BCUT2D eigenvalue weighted by Gasteiger charge is -2.39. The van der Waals surface area contributed by atoms with Crippen molar-refractivity contribution in [2.24, 2.45) is 0 Å². The van der Waals surface area contributed by atoms with Gasteiger partial charge >= 0.3 is 0 Å². The third kappa shape index (κ3) is 1.78. The van der Waals surface area contributed by atoms with E-state index in [0.717, 1.165) is 30.9 Å². The van der Waals surface area contributed by atoms with Gasteiger partial charge in [0.05, 0.1) is 6.04 Å². The minimum Gasteiger partial charge on any atom is -0.388 e. The zero-order valence-corrected chi connectivity index (χ0v) is 9.99. The first-order valence-corrected chi connectivity index (χ1v) is 6.13. The summed E-state index contributed by atoms with van der Waals surface area (Å²) in [7, 11) is 1.88. The van der Waals surface area contributed by atoms with Gasteiger partial charge in [-0.25, -0.2) is 0 Å².